The molecular weight excluding hydrogens is 374 g/mol. The first kappa shape index (κ1) is 19.6. The highest BCUT2D eigenvalue weighted by atomic mass is 16.5. The average Bonchev–Trinajstić information content (AvgIpc) is 3.38. The van der Waals surface area contributed by atoms with E-state index in [-0.39, 0.29) is 11.8 Å². The Labute approximate surface area is 169 Å². The van der Waals surface area contributed by atoms with Gasteiger partial charge in [0.25, 0.3) is 11.8 Å². The number of aromatic nitrogens is 3. The van der Waals surface area contributed by atoms with Crippen LogP contribution in [0.1, 0.15) is 48.8 Å². The van der Waals surface area contributed by atoms with Gasteiger partial charge < -0.3 is 23.6 Å². The predicted octanol–water partition coefficient (Wildman–Crippen LogP) is 1.58. The molecule has 0 radical (unpaired) electrons. The topological polar surface area (TPSA) is 93.7 Å². The van der Waals surface area contributed by atoms with E-state index in [1.807, 2.05) is 24.6 Å². The van der Waals surface area contributed by atoms with Crippen molar-refractivity contribution in [2.45, 2.75) is 51.9 Å². The van der Waals surface area contributed by atoms with Crippen LogP contribution in [0.15, 0.2) is 23.0 Å². The third-order valence-electron chi connectivity index (χ3n) is 5.91. The molecule has 9 nitrogen and oxygen atoms in total. The third kappa shape index (κ3) is 3.43. The molecule has 2 aliphatic rings. The van der Waals surface area contributed by atoms with Crippen molar-refractivity contribution in [1.29, 1.82) is 0 Å². The maximum Gasteiger partial charge on any atom is 0.276 e. The zero-order valence-corrected chi connectivity index (χ0v) is 17.1. The van der Waals surface area contributed by atoms with Gasteiger partial charge in [0, 0.05) is 57.5 Å². The van der Waals surface area contributed by atoms with Crippen molar-refractivity contribution in [2.75, 3.05) is 26.2 Å². The van der Waals surface area contributed by atoms with Crippen molar-refractivity contribution in [2.24, 2.45) is 0 Å². The van der Waals surface area contributed by atoms with Crippen LogP contribution in [0.2, 0.25) is 0 Å². The maximum absolute atomic E-state index is 13.0. The number of fused-ring (bicyclic) bond motifs is 2. The Morgan fingerprint density at radius 3 is 2.62 bits per heavy atom. The highest BCUT2D eigenvalue weighted by molar-refractivity contribution is 5.92. The number of likely N-dealkylation sites (N-methyl/N-ethyl adjacent to an activating group) is 1. The largest absolute Gasteiger partial charge is 0.361 e. The van der Waals surface area contributed by atoms with Gasteiger partial charge in [-0.25, -0.2) is 4.98 Å². The monoisotopic (exact) mass is 401 g/mol. The lowest BCUT2D eigenvalue weighted by atomic mass is 9.88. The molecule has 1 spiro atoms. The smallest absolute Gasteiger partial charge is 0.276 e. The van der Waals surface area contributed by atoms with Gasteiger partial charge in [-0.2, -0.15) is 0 Å². The lowest BCUT2D eigenvalue weighted by Crippen LogP contribution is -2.55. The highest BCUT2D eigenvalue weighted by Gasteiger charge is 2.48. The summed E-state index contributed by atoms with van der Waals surface area (Å²) >= 11 is 0. The van der Waals surface area contributed by atoms with Crippen LogP contribution in [-0.2, 0) is 21.7 Å². The van der Waals surface area contributed by atoms with Crippen LogP contribution < -0.4 is 0 Å². The summed E-state index contributed by atoms with van der Waals surface area (Å²) in [6.45, 7) is 8.48. The van der Waals surface area contributed by atoms with Gasteiger partial charge in [-0.3, -0.25) is 9.59 Å². The van der Waals surface area contributed by atoms with Gasteiger partial charge in [0.15, 0.2) is 11.8 Å². The van der Waals surface area contributed by atoms with Crippen molar-refractivity contribution >= 4 is 11.8 Å². The number of likely N-dealkylation sites (tertiary alicyclic amines) is 1. The Morgan fingerprint density at radius 2 is 2.00 bits per heavy atom. The first-order chi connectivity index (χ1) is 14.0. The fourth-order valence-electron chi connectivity index (χ4n) is 4.31. The minimum Gasteiger partial charge on any atom is -0.361 e. The number of rotatable bonds is 4. The van der Waals surface area contributed by atoms with E-state index in [0.717, 1.165) is 5.82 Å². The molecule has 0 N–H and O–H groups in total. The molecule has 2 aliphatic heterocycles. The van der Waals surface area contributed by atoms with Crippen LogP contribution in [0, 0.1) is 6.92 Å². The van der Waals surface area contributed by atoms with Gasteiger partial charge >= 0.3 is 0 Å². The fraction of sp³-hybridized carbons (Fsp3) is 0.600. The number of amides is 2. The molecule has 0 saturated carbocycles. The summed E-state index contributed by atoms with van der Waals surface area (Å²) in [5.74, 6) is 1.31. The van der Waals surface area contributed by atoms with Crippen molar-refractivity contribution in [3.8, 4) is 0 Å². The Hall–Kier alpha value is -2.68. The van der Waals surface area contributed by atoms with Gasteiger partial charge in [-0.1, -0.05) is 5.16 Å². The van der Waals surface area contributed by atoms with Crippen LogP contribution in [0.5, 0.6) is 0 Å². The number of ether oxygens (including phenoxy) is 1. The van der Waals surface area contributed by atoms with Crippen LogP contribution in [0.4, 0.5) is 0 Å². The van der Waals surface area contributed by atoms with Gasteiger partial charge in [0.2, 0.25) is 0 Å². The summed E-state index contributed by atoms with van der Waals surface area (Å²) in [7, 11) is 0. The molecule has 2 aromatic heterocycles. The van der Waals surface area contributed by atoms with Crippen LogP contribution in [0.25, 0.3) is 0 Å². The molecule has 1 atom stereocenters. The molecule has 156 valence electrons. The van der Waals surface area contributed by atoms with E-state index in [4.69, 9.17) is 9.26 Å². The first-order valence-corrected chi connectivity index (χ1v) is 10.2. The number of carbonyl (C=O) groups is 2. The summed E-state index contributed by atoms with van der Waals surface area (Å²) in [5, 5.41) is 3.83. The molecule has 2 amide bonds. The number of nitrogens with zero attached hydrogens (tertiary/aromatic N) is 5. The minimum atomic E-state index is -0.661. The number of carbonyl (C=O) groups excluding carboxylic acids is 2. The second-order valence-electron chi connectivity index (χ2n) is 7.63. The summed E-state index contributed by atoms with van der Waals surface area (Å²) < 4.78 is 13.5. The summed E-state index contributed by atoms with van der Waals surface area (Å²) in [6.07, 6.45) is 4.26. The Morgan fingerprint density at radius 1 is 1.28 bits per heavy atom. The van der Waals surface area contributed by atoms with Crippen molar-refractivity contribution in [1.82, 2.24) is 24.5 Å². The minimum absolute atomic E-state index is 0.00491. The van der Waals surface area contributed by atoms with E-state index in [1.54, 1.807) is 29.0 Å². The lowest BCUT2D eigenvalue weighted by molar-refractivity contribution is -0.179. The van der Waals surface area contributed by atoms with Gasteiger partial charge in [0.1, 0.15) is 17.2 Å². The Bertz CT molecular complexity index is 892. The summed E-state index contributed by atoms with van der Waals surface area (Å²) in [5.41, 5.74) is -0.342. The van der Waals surface area contributed by atoms with Crippen LogP contribution in [0.3, 0.4) is 0 Å². The average molecular weight is 401 g/mol. The Balaban J connectivity index is 1.53. The maximum atomic E-state index is 13.0. The van der Waals surface area contributed by atoms with E-state index in [9.17, 15) is 9.59 Å². The van der Waals surface area contributed by atoms with Crippen molar-refractivity contribution < 1.29 is 18.8 Å². The lowest BCUT2D eigenvalue weighted by Gasteiger charge is -2.46. The molecule has 9 heteroatoms. The number of imidazole rings is 1. The van der Waals surface area contributed by atoms with Crippen LogP contribution in [-0.4, -0.2) is 68.6 Å². The van der Waals surface area contributed by atoms with Gasteiger partial charge in [-0.15, -0.1) is 0 Å². The standard InChI is InChI=1S/C20H27N5O4/c1-4-23(5-2)18(27)16-13-25-11-8-21-19(25)20(28-16)6-9-24(10-7-20)17(26)15-12-14(3)29-22-15/h8,11-12,16H,4-7,9-10,13H2,1-3H3. The molecule has 2 aromatic rings. The molecule has 1 saturated heterocycles. The van der Waals surface area contributed by atoms with E-state index < -0.39 is 11.7 Å². The number of hydrogen-bond donors (Lipinski definition) is 0. The summed E-state index contributed by atoms with van der Waals surface area (Å²) in [4.78, 5) is 33.7. The van der Waals surface area contributed by atoms with E-state index in [0.29, 0.717) is 57.0 Å². The molecule has 1 unspecified atom stereocenters. The fourth-order valence-corrected chi connectivity index (χ4v) is 4.31. The summed E-state index contributed by atoms with van der Waals surface area (Å²) in [6, 6.07) is 1.65. The van der Waals surface area contributed by atoms with E-state index in [1.165, 1.54) is 0 Å². The Kier molecular flexibility index (Phi) is 5.16. The zero-order valence-electron chi connectivity index (χ0n) is 17.1. The van der Waals surface area contributed by atoms with E-state index in [2.05, 4.69) is 10.1 Å². The number of hydrogen-bond acceptors (Lipinski definition) is 6. The molecule has 29 heavy (non-hydrogen) atoms. The zero-order chi connectivity index (χ0) is 20.6. The van der Waals surface area contributed by atoms with Crippen molar-refractivity contribution in [3.05, 3.63) is 35.7 Å². The second kappa shape index (κ2) is 7.62. The molecule has 0 bridgehead atoms. The predicted molar refractivity (Wildman–Crippen MR) is 103 cm³/mol. The van der Waals surface area contributed by atoms with Crippen LogP contribution >= 0.6 is 0 Å². The molecule has 1 fully saturated rings. The molecule has 0 aliphatic carbocycles. The third-order valence-corrected chi connectivity index (χ3v) is 5.91. The first-order valence-electron chi connectivity index (χ1n) is 10.2. The molecule has 4 rings (SSSR count). The number of piperidine rings is 1. The van der Waals surface area contributed by atoms with Crippen molar-refractivity contribution in [3.63, 3.8) is 0 Å². The normalized spacial score (nSPS) is 20.5. The number of aryl methyl sites for hydroxylation is 1. The molecular formula is C20H27N5O4. The van der Waals surface area contributed by atoms with Gasteiger partial charge in [-0.05, 0) is 20.8 Å². The SMILES string of the molecule is CCN(CC)C(=O)C1Cn2ccnc2C2(CCN(C(=O)c3cc(C)on3)CC2)O1. The van der Waals surface area contributed by atoms with E-state index >= 15 is 0 Å². The highest BCUT2D eigenvalue weighted by Crippen LogP contribution is 2.40. The molecule has 4 heterocycles. The second-order valence-corrected chi connectivity index (χ2v) is 7.63. The molecule has 0 aromatic carbocycles. The quantitative estimate of drug-likeness (QED) is 0.772. The van der Waals surface area contributed by atoms with Gasteiger partial charge in [0.05, 0.1) is 6.54 Å².